The quantitative estimate of drug-likeness (QED) is 0.775. The zero-order chi connectivity index (χ0) is 14.8. The first-order chi connectivity index (χ1) is 10.1. The summed E-state index contributed by atoms with van der Waals surface area (Å²) in [6.07, 6.45) is 2.91. The molecule has 0 radical (unpaired) electrons. The highest BCUT2D eigenvalue weighted by atomic mass is 32.1. The summed E-state index contributed by atoms with van der Waals surface area (Å²) in [5.74, 6) is -1.22. The van der Waals surface area contributed by atoms with Crippen molar-refractivity contribution in [3.05, 3.63) is 47.6 Å². The third-order valence-electron chi connectivity index (χ3n) is 2.84. The Morgan fingerprint density at radius 1 is 1.33 bits per heavy atom. The molecule has 0 spiro atoms. The van der Waals surface area contributed by atoms with Crippen LogP contribution in [-0.4, -0.2) is 26.8 Å². The van der Waals surface area contributed by atoms with Crippen LogP contribution in [0, 0.1) is 0 Å². The number of nitrogens with zero attached hydrogens (tertiary/aromatic N) is 2. The van der Waals surface area contributed by atoms with Crippen molar-refractivity contribution in [2.75, 3.05) is 5.32 Å². The fraction of sp³-hybridized carbons (Fsp3) is 0.0714. The number of carbonyl (C=O) groups is 2. The van der Waals surface area contributed by atoms with Crippen LogP contribution in [0.15, 0.2) is 42.7 Å². The summed E-state index contributed by atoms with van der Waals surface area (Å²) in [6, 6.07) is 9.59. The number of rotatable bonds is 4. The molecule has 0 fully saturated rings. The summed E-state index contributed by atoms with van der Waals surface area (Å²) in [4.78, 5) is 23.3. The molecule has 0 aliphatic heterocycles. The normalized spacial score (nSPS) is 10.7. The Labute approximate surface area is 123 Å². The van der Waals surface area contributed by atoms with E-state index >= 15 is 0 Å². The minimum Gasteiger partial charge on any atom is -0.480 e. The van der Waals surface area contributed by atoms with E-state index in [1.165, 1.54) is 28.4 Å². The van der Waals surface area contributed by atoms with Crippen LogP contribution in [0.4, 0.5) is 5.69 Å². The average Bonchev–Trinajstić information content (AvgIpc) is 3.04. The zero-order valence-corrected chi connectivity index (χ0v) is 11.6. The molecule has 0 aliphatic carbocycles. The fourth-order valence-corrected chi connectivity index (χ4v) is 2.90. The van der Waals surface area contributed by atoms with Crippen LogP contribution in [0.25, 0.3) is 10.1 Å². The van der Waals surface area contributed by atoms with Crippen molar-refractivity contribution in [1.82, 2.24) is 9.78 Å². The van der Waals surface area contributed by atoms with Gasteiger partial charge in [-0.25, -0.2) is 0 Å². The highest BCUT2D eigenvalue weighted by Crippen LogP contribution is 2.25. The number of fused-ring (bicyclic) bond motifs is 1. The molecular formula is C14H11N3O3S. The first-order valence-electron chi connectivity index (χ1n) is 6.16. The first kappa shape index (κ1) is 13.3. The Hall–Kier alpha value is -2.67. The van der Waals surface area contributed by atoms with Crippen LogP contribution in [-0.2, 0) is 11.3 Å². The second kappa shape index (κ2) is 5.37. The van der Waals surface area contributed by atoms with Gasteiger partial charge in [0, 0.05) is 10.9 Å². The van der Waals surface area contributed by atoms with E-state index in [-0.39, 0.29) is 12.5 Å². The lowest BCUT2D eigenvalue weighted by atomic mass is 10.2. The van der Waals surface area contributed by atoms with E-state index in [1.54, 1.807) is 0 Å². The minimum absolute atomic E-state index is 0.230. The average molecular weight is 301 g/mol. The van der Waals surface area contributed by atoms with Gasteiger partial charge in [0.1, 0.15) is 6.54 Å². The Morgan fingerprint density at radius 3 is 2.90 bits per heavy atom. The molecule has 0 atom stereocenters. The number of carboxylic acids is 1. The van der Waals surface area contributed by atoms with Crippen LogP contribution < -0.4 is 5.32 Å². The molecule has 7 heteroatoms. The third kappa shape index (κ3) is 2.92. The number of amides is 1. The van der Waals surface area contributed by atoms with Crippen molar-refractivity contribution in [2.24, 2.45) is 0 Å². The smallest absolute Gasteiger partial charge is 0.325 e. The molecule has 0 unspecified atom stereocenters. The topological polar surface area (TPSA) is 84.2 Å². The number of hydrogen-bond acceptors (Lipinski definition) is 4. The summed E-state index contributed by atoms with van der Waals surface area (Å²) >= 11 is 1.41. The van der Waals surface area contributed by atoms with Crippen LogP contribution in [0.5, 0.6) is 0 Å². The number of hydrogen-bond donors (Lipinski definition) is 2. The number of aliphatic carboxylic acids is 1. The second-order valence-electron chi connectivity index (χ2n) is 4.42. The molecule has 0 saturated carbocycles. The maximum Gasteiger partial charge on any atom is 0.325 e. The van der Waals surface area contributed by atoms with Crippen LogP contribution in [0.1, 0.15) is 9.67 Å². The number of benzene rings is 1. The molecule has 1 amide bonds. The van der Waals surface area contributed by atoms with Gasteiger partial charge in [-0.2, -0.15) is 5.10 Å². The van der Waals surface area contributed by atoms with Crippen molar-refractivity contribution >= 4 is 39.0 Å². The Kier molecular flexibility index (Phi) is 3.41. The van der Waals surface area contributed by atoms with Crippen LogP contribution in [0.2, 0.25) is 0 Å². The van der Waals surface area contributed by atoms with Gasteiger partial charge >= 0.3 is 5.97 Å². The Morgan fingerprint density at radius 2 is 2.14 bits per heavy atom. The summed E-state index contributed by atoms with van der Waals surface area (Å²) in [5, 5.41) is 16.3. The summed E-state index contributed by atoms with van der Waals surface area (Å²) in [7, 11) is 0. The summed E-state index contributed by atoms with van der Waals surface area (Å²) in [6.45, 7) is -0.237. The SMILES string of the molecule is O=C(O)Cn1cc(NC(=O)c2cc3ccccc3s2)cn1. The number of carboxylic acid groups (broad SMARTS) is 1. The lowest BCUT2D eigenvalue weighted by molar-refractivity contribution is -0.137. The lowest BCUT2D eigenvalue weighted by Crippen LogP contribution is -2.10. The highest BCUT2D eigenvalue weighted by molar-refractivity contribution is 7.20. The Bertz CT molecular complexity index is 789. The van der Waals surface area contributed by atoms with E-state index < -0.39 is 5.97 Å². The van der Waals surface area contributed by atoms with Crippen molar-refractivity contribution in [1.29, 1.82) is 0 Å². The molecule has 106 valence electrons. The highest BCUT2D eigenvalue weighted by Gasteiger charge is 2.11. The Balaban J connectivity index is 1.76. The molecular weight excluding hydrogens is 290 g/mol. The van der Waals surface area contributed by atoms with Gasteiger partial charge in [0.25, 0.3) is 5.91 Å². The molecule has 0 bridgehead atoms. The number of carbonyl (C=O) groups excluding carboxylic acids is 1. The van der Waals surface area contributed by atoms with Crippen molar-refractivity contribution in [3.8, 4) is 0 Å². The van der Waals surface area contributed by atoms with Gasteiger partial charge in [-0.3, -0.25) is 14.3 Å². The van der Waals surface area contributed by atoms with E-state index in [0.717, 1.165) is 10.1 Å². The van der Waals surface area contributed by atoms with E-state index in [1.807, 2.05) is 30.3 Å². The number of nitrogens with one attached hydrogen (secondary N) is 1. The summed E-state index contributed by atoms with van der Waals surface area (Å²) < 4.78 is 2.30. The van der Waals surface area contributed by atoms with E-state index in [2.05, 4.69) is 10.4 Å². The third-order valence-corrected chi connectivity index (χ3v) is 3.95. The van der Waals surface area contributed by atoms with Gasteiger partial charge in [-0.1, -0.05) is 18.2 Å². The molecule has 0 aliphatic rings. The first-order valence-corrected chi connectivity index (χ1v) is 6.97. The molecule has 3 rings (SSSR count). The number of anilines is 1. The van der Waals surface area contributed by atoms with Gasteiger partial charge in [0.15, 0.2) is 0 Å². The molecule has 2 aromatic heterocycles. The van der Waals surface area contributed by atoms with Crippen molar-refractivity contribution in [2.45, 2.75) is 6.54 Å². The van der Waals surface area contributed by atoms with E-state index in [4.69, 9.17) is 5.11 Å². The molecule has 21 heavy (non-hydrogen) atoms. The molecule has 2 N–H and O–H groups in total. The molecule has 6 nitrogen and oxygen atoms in total. The van der Waals surface area contributed by atoms with Crippen molar-refractivity contribution < 1.29 is 14.7 Å². The standard InChI is InChI=1S/C14H11N3O3S/c18-13(19)8-17-7-10(6-15-17)16-14(20)12-5-9-3-1-2-4-11(9)21-12/h1-7H,8H2,(H,16,20)(H,18,19). The fourth-order valence-electron chi connectivity index (χ4n) is 1.94. The van der Waals surface area contributed by atoms with Gasteiger partial charge < -0.3 is 10.4 Å². The lowest BCUT2D eigenvalue weighted by Gasteiger charge is -1.98. The predicted octanol–water partition coefficient (Wildman–Crippen LogP) is 2.43. The van der Waals surface area contributed by atoms with E-state index in [9.17, 15) is 9.59 Å². The second-order valence-corrected chi connectivity index (χ2v) is 5.51. The maximum absolute atomic E-state index is 12.2. The van der Waals surface area contributed by atoms with Gasteiger partial charge in [-0.05, 0) is 17.5 Å². The number of thiophene rings is 1. The number of aromatic nitrogens is 2. The van der Waals surface area contributed by atoms with E-state index in [0.29, 0.717) is 10.6 Å². The molecule has 0 saturated heterocycles. The zero-order valence-electron chi connectivity index (χ0n) is 10.8. The largest absolute Gasteiger partial charge is 0.480 e. The van der Waals surface area contributed by atoms with Crippen LogP contribution in [0.3, 0.4) is 0 Å². The monoisotopic (exact) mass is 301 g/mol. The minimum atomic E-state index is -0.986. The maximum atomic E-state index is 12.2. The van der Waals surface area contributed by atoms with Crippen LogP contribution >= 0.6 is 11.3 Å². The molecule has 3 aromatic rings. The molecule has 2 heterocycles. The predicted molar refractivity (Wildman–Crippen MR) is 79.6 cm³/mol. The summed E-state index contributed by atoms with van der Waals surface area (Å²) in [5.41, 5.74) is 0.471. The van der Waals surface area contributed by atoms with Gasteiger partial charge in [0.2, 0.25) is 0 Å². The van der Waals surface area contributed by atoms with Crippen molar-refractivity contribution in [3.63, 3.8) is 0 Å². The van der Waals surface area contributed by atoms with Gasteiger partial charge in [0.05, 0.1) is 16.8 Å². The molecule has 1 aromatic carbocycles. The van der Waals surface area contributed by atoms with Gasteiger partial charge in [-0.15, -0.1) is 11.3 Å².